The Hall–Kier alpha value is -1.51. The lowest BCUT2D eigenvalue weighted by Crippen LogP contribution is -2.27. The van der Waals surface area contributed by atoms with Gasteiger partial charge in [-0.3, -0.25) is 4.79 Å². The minimum Gasteiger partial charge on any atom is -0.481 e. The first kappa shape index (κ1) is 12.6. The van der Waals surface area contributed by atoms with Crippen molar-refractivity contribution in [3.05, 3.63) is 29.3 Å². The van der Waals surface area contributed by atoms with Crippen LogP contribution in [0.4, 0.5) is 5.69 Å². The van der Waals surface area contributed by atoms with Gasteiger partial charge in [0.05, 0.1) is 6.42 Å². The van der Waals surface area contributed by atoms with Crippen LogP contribution in [-0.4, -0.2) is 24.2 Å². The summed E-state index contributed by atoms with van der Waals surface area (Å²) < 4.78 is 0. The van der Waals surface area contributed by atoms with Gasteiger partial charge in [0.15, 0.2) is 0 Å². The van der Waals surface area contributed by atoms with E-state index in [-0.39, 0.29) is 6.42 Å². The molecule has 1 N–H and O–H groups in total. The first-order chi connectivity index (χ1) is 7.56. The van der Waals surface area contributed by atoms with Crippen molar-refractivity contribution < 1.29 is 9.90 Å². The zero-order valence-corrected chi connectivity index (χ0v) is 10.2. The number of anilines is 1. The van der Waals surface area contributed by atoms with Gasteiger partial charge >= 0.3 is 5.97 Å². The Kier molecular flexibility index (Phi) is 4.35. The highest BCUT2D eigenvalue weighted by molar-refractivity contribution is 5.68. The van der Waals surface area contributed by atoms with Gasteiger partial charge < -0.3 is 10.0 Å². The quantitative estimate of drug-likeness (QED) is 0.830. The van der Waals surface area contributed by atoms with Gasteiger partial charge in [0, 0.05) is 18.8 Å². The standard InChI is InChI=1S/C13H19NO2/c1-4-14(9-8-12(15)16)13-10(2)6-5-7-11(13)3/h5-7H,4,8-9H2,1-3H3,(H,15,16). The zero-order chi connectivity index (χ0) is 12.1. The van der Waals surface area contributed by atoms with E-state index >= 15 is 0 Å². The van der Waals surface area contributed by atoms with Crippen molar-refractivity contribution >= 4 is 11.7 Å². The molecule has 1 aromatic rings. The lowest BCUT2D eigenvalue weighted by atomic mass is 10.1. The summed E-state index contributed by atoms with van der Waals surface area (Å²) in [5.74, 6) is -0.746. The SMILES string of the molecule is CCN(CCC(=O)O)c1c(C)cccc1C. The van der Waals surface area contributed by atoms with E-state index in [1.165, 1.54) is 16.8 Å². The second-order valence-corrected chi connectivity index (χ2v) is 3.96. The number of hydrogen-bond acceptors (Lipinski definition) is 2. The van der Waals surface area contributed by atoms with Crippen LogP contribution in [0.2, 0.25) is 0 Å². The monoisotopic (exact) mass is 221 g/mol. The molecule has 0 atom stereocenters. The molecule has 0 bridgehead atoms. The Labute approximate surface area is 96.7 Å². The molecule has 3 heteroatoms. The van der Waals surface area contributed by atoms with E-state index in [2.05, 4.69) is 30.9 Å². The highest BCUT2D eigenvalue weighted by atomic mass is 16.4. The van der Waals surface area contributed by atoms with Crippen molar-refractivity contribution in [2.24, 2.45) is 0 Å². The highest BCUT2D eigenvalue weighted by Crippen LogP contribution is 2.24. The molecular weight excluding hydrogens is 202 g/mol. The number of para-hydroxylation sites is 1. The molecule has 0 radical (unpaired) electrons. The normalized spacial score (nSPS) is 10.2. The van der Waals surface area contributed by atoms with E-state index in [9.17, 15) is 4.79 Å². The summed E-state index contributed by atoms with van der Waals surface area (Å²) in [6, 6.07) is 6.15. The maximum atomic E-state index is 10.6. The summed E-state index contributed by atoms with van der Waals surface area (Å²) in [5, 5.41) is 8.72. The lowest BCUT2D eigenvalue weighted by molar-refractivity contribution is -0.136. The molecule has 0 aromatic heterocycles. The van der Waals surface area contributed by atoms with Crippen LogP contribution in [0.1, 0.15) is 24.5 Å². The first-order valence-corrected chi connectivity index (χ1v) is 5.59. The second-order valence-electron chi connectivity index (χ2n) is 3.96. The summed E-state index contributed by atoms with van der Waals surface area (Å²) in [7, 11) is 0. The van der Waals surface area contributed by atoms with E-state index in [1.54, 1.807) is 0 Å². The number of carbonyl (C=O) groups is 1. The predicted molar refractivity (Wildman–Crippen MR) is 66.1 cm³/mol. The molecule has 0 spiro atoms. The van der Waals surface area contributed by atoms with Crippen molar-refractivity contribution in [3.63, 3.8) is 0 Å². The third-order valence-electron chi connectivity index (χ3n) is 2.73. The number of benzene rings is 1. The fourth-order valence-corrected chi connectivity index (χ4v) is 1.96. The van der Waals surface area contributed by atoms with Crippen LogP contribution in [0.25, 0.3) is 0 Å². The Morgan fingerprint density at radius 2 is 1.88 bits per heavy atom. The number of aryl methyl sites for hydroxylation is 2. The summed E-state index contributed by atoms with van der Waals surface area (Å²) in [6.07, 6.45) is 0.182. The zero-order valence-electron chi connectivity index (χ0n) is 10.2. The van der Waals surface area contributed by atoms with E-state index in [1.807, 2.05) is 13.0 Å². The Bertz CT molecular complexity index is 354. The van der Waals surface area contributed by atoms with Crippen LogP contribution >= 0.6 is 0 Å². The number of rotatable bonds is 5. The Morgan fingerprint density at radius 1 is 1.31 bits per heavy atom. The van der Waals surface area contributed by atoms with E-state index in [0.717, 1.165) is 6.54 Å². The van der Waals surface area contributed by atoms with Crippen LogP contribution in [0, 0.1) is 13.8 Å². The van der Waals surface area contributed by atoms with E-state index < -0.39 is 5.97 Å². The second kappa shape index (κ2) is 5.54. The fourth-order valence-electron chi connectivity index (χ4n) is 1.96. The van der Waals surface area contributed by atoms with Crippen molar-refractivity contribution in [2.45, 2.75) is 27.2 Å². The average molecular weight is 221 g/mol. The van der Waals surface area contributed by atoms with Crippen molar-refractivity contribution in [2.75, 3.05) is 18.0 Å². The van der Waals surface area contributed by atoms with Crippen LogP contribution in [0.15, 0.2) is 18.2 Å². The Balaban J connectivity index is 2.90. The van der Waals surface area contributed by atoms with Gasteiger partial charge in [0.25, 0.3) is 0 Å². The summed E-state index contributed by atoms with van der Waals surface area (Å²) in [4.78, 5) is 12.7. The van der Waals surface area contributed by atoms with Gasteiger partial charge in [-0.05, 0) is 31.9 Å². The molecule has 3 nitrogen and oxygen atoms in total. The summed E-state index contributed by atoms with van der Waals surface area (Å²) in [6.45, 7) is 7.57. The summed E-state index contributed by atoms with van der Waals surface area (Å²) >= 11 is 0. The molecule has 16 heavy (non-hydrogen) atoms. The smallest absolute Gasteiger partial charge is 0.305 e. The average Bonchev–Trinajstić information content (AvgIpc) is 2.22. The van der Waals surface area contributed by atoms with Gasteiger partial charge in [-0.2, -0.15) is 0 Å². The first-order valence-electron chi connectivity index (χ1n) is 5.59. The molecule has 0 aliphatic heterocycles. The minimum atomic E-state index is -0.746. The van der Waals surface area contributed by atoms with E-state index in [0.29, 0.717) is 6.54 Å². The molecule has 0 saturated heterocycles. The molecule has 0 aliphatic carbocycles. The van der Waals surface area contributed by atoms with Crippen LogP contribution < -0.4 is 4.90 Å². The Morgan fingerprint density at radius 3 is 2.31 bits per heavy atom. The maximum absolute atomic E-state index is 10.6. The van der Waals surface area contributed by atoms with Crippen LogP contribution in [0.5, 0.6) is 0 Å². The lowest BCUT2D eigenvalue weighted by Gasteiger charge is -2.26. The number of hydrogen-bond donors (Lipinski definition) is 1. The molecule has 0 heterocycles. The highest BCUT2D eigenvalue weighted by Gasteiger charge is 2.11. The largest absolute Gasteiger partial charge is 0.481 e. The molecule has 0 fully saturated rings. The fraction of sp³-hybridized carbons (Fsp3) is 0.462. The molecule has 0 aliphatic rings. The van der Waals surface area contributed by atoms with Crippen LogP contribution in [-0.2, 0) is 4.79 Å². The maximum Gasteiger partial charge on any atom is 0.305 e. The topological polar surface area (TPSA) is 40.5 Å². The van der Waals surface area contributed by atoms with Crippen LogP contribution in [0.3, 0.4) is 0 Å². The molecule has 88 valence electrons. The molecule has 1 rings (SSSR count). The number of carboxylic acid groups (broad SMARTS) is 1. The predicted octanol–water partition coefficient (Wildman–Crippen LogP) is 2.60. The van der Waals surface area contributed by atoms with E-state index in [4.69, 9.17) is 5.11 Å². The number of nitrogens with zero attached hydrogens (tertiary/aromatic N) is 1. The minimum absolute atomic E-state index is 0.182. The molecular formula is C13H19NO2. The molecule has 0 amide bonds. The van der Waals surface area contributed by atoms with Crippen molar-refractivity contribution in [1.82, 2.24) is 0 Å². The van der Waals surface area contributed by atoms with Gasteiger partial charge in [-0.1, -0.05) is 18.2 Å². The molecule has 1 aromatic carbocycles. The summed E-state index contributed by atoms with van der Waals surface area (Å²) in [5.41, 5.74) is 3.57. The van der Waals surface area contributed by atoms with Gasteiger partial charge in [-0.15, -0.1) is 0 Å². The van der Waals surface area contributed by atoms with Gasteiger partial charge in [-0.25, -0.2) is 0 Å². The third kappa shape index (κ3) is 2.99. The van der Waals surface area contributed by atoms with Crippen molar-refractivity contribution in [3.8, 4) is 0 Å². The molecule has 0 saturated carbocycles. The van der Waals surface area contributed by atoms with Crippen molar-refractivity contribution in [1.29, 1.82) is 0 Å². The van der Waals surface area contributed by atoms with Gasteiger partial charge in [0.2, 0.25) is 0 Å². The third-order valence-corrected chi connectivity index (χ3v) is 2.73. The number of aliphatic carboxylic acids is 1. The molecule has 0 unspecified atom stereocenters. The number of carboxylic acids is 1. The van der Waals surface area contributed by atoms with Gasteiger partial charge in [0.1, 0.15) is 0 Å².